The first kappa shape index (κ1) is 22.3. The Kier molecular flexibility index (Phi) is 8.89. The zero-order valence-corrected chi connectivity index (χ0v) is 16.0. The summed E-state index contributed by atoms with van der Waals surface area (Å²) in [5.41, 5.74) is 0.685. The van der Waals surface area contributed by atoms with Crippen molar-refractivity contribution >= 4 is 11.8 Å². The molecule has 4 N–H and O–H groups in total. The van der Waals surface area contributed by atoms with Gasteiger partial charge in [-0.3, -0.25) is 9.59 Å². The topological polar surface area (TPSA) is 128 Å². The van der Waals surface area contributed by atoms with Gasteiger partial charge in [0, 0.05) is 18.8 Å². The lowest BCUT2D eigenvalue weighted by Crippen LogP contribution is -2.20. The van der Waals surface area contributed by atoms with Gasteiger partial charge >= 0.3 is 5.97 Å². The van der Waals surface area contributed by atoms with Gasteiger partial charge in [0.1, 0.15) is 6.10 Å². The van der Waals surface area contributed by atoms with Crippen LogP contribution in [-0.2, 0) is 4.79 Å². The number of hydrogen-bond donors (Lipinski definition) is 4. The molecule has 1 heterocycles. The molecule has 0 aromatic carbocycles. The summed E-state index contributed by atoms with van der Waals surface area (Å²) in [6.07, 6.45) is 5.90. The highest BCUT2D eigenvalue weighted by Gasteiger charge is 2.36. The summed E-state index contributed by atoms with van der Waals surface area (Å²) in [5, 5.41) is 39.2. The molecule has 0 amide bonds. The second kappa shape index (κ2) is 11.1. The van der Waals surface area contributed by atoms with E-state index in [0.29, 0.717) is 18.4 Å². The molecule has 28 heavy (non-hydrogen) atoms. The highest BCUT2D eigenvalue weighted by atomic mass is 16.4. The van der Waals surface area contributed by atoms with E-state index in [4.69, 9.17) is 9.52 Å². The van der Waals surface area contributed by atoms with E-state index in [1.165, 1.54) is 12.3 Å². The van der Waals surface area contributed by atoms with Crippen LogP contribution < -0.4 is 0 Å². The molecule has 156 valence electrons. The molecule has 0 radical (unpaired) electrons. The van der Waals surface area contributed by atoms with Gasteiger partial charge in [0.15, 0.2) is 5.76 Å². The standard InChI is InChI=1S/C21H30O7/c22-16(21(27)19-8-6-12-28-19)11-10-15-14(17(23)13-18(15)24)7-4-2-1-3-5-9-20(25)26/h6,8,10,12,14,16-18,22-24H,1-5,7,9,11,13H2,(H,25,26)/b15-10+/t14?,16?,17-,18+/m0/s1. The number of aliphatic hydroxyl groups is 3. The third-order valence-corrected chi connectivity index (χ3v) is 5.29. The van der Waals surface area contributed by atoms with Crippen LogP contribution in [0.25, 0.3) is 0 Å². The van der Waals surface area contributed by atoms with Crippen molar-refractivity contribution in [3.8, 4) is 0 Å². The summed E-state index contributed by atoms with van der Waals surface area (Å²) in [6, 6.07) is 3.07. The third kappa shape index (κ3) is 6.58. The highest BCUT2D eigenvalue weighted by molar-refractivity contribution is 5.96. The number of carboxylic acid groups (broad SMARTS) is 1. The van der Waals surface area contributed by atoms with Crippen molar-refractivity contribution in [3.05, 3.63) is 35.8 Å². The lowest BCUT2D eigenvalue weighted by Gasteiger charge is -2.17. The van der Waals surface area contributed by atoms with Gasteiger partial charge in [-0.15, -0.1) is 0 Å². The minimum atomic E-state index is -1.25. The fourth-order valence-corrected chi connectivity index (χ4v) is 3.75. The van der Waals surface area contributed by atoms with Gasteiger partial charge in [0.05, 0.1) is 18.5 Å². The van der Waals surface area contributed by atoms with Crippen LogP contribution in [0.4, 0.5) is 0 Å². The Labute approximate surface area is 164 Å². The molecule has 7 heteroatoms. The highest BCUT2D eigenvalue weighted by Crippen LogP contribution is 2.36. The maximum atomic E-state index is 12.1. The summed E-state index contributed by atoms with van der Waals surface area (Å²) >= 11 is 0. The van der Waals surface area contributed by atoms with Crippen molar-refractivity contribution in [2.24, 2.45) is 5.92 Å². The normalized spacial score (nSPS) is 24.5. The largest absolute Gasteiger partial charge is 0.481 e. The van der Waals surface area contributed by atoms with Crippen molar-refractivity contribution in [2.45, 2.75) is 76.1 Å². The van der Waals surface area contributed by atoms with Crippen LogP contribution in [-0.4, -0.2) is 50.5 Å². The van der Waals surface area contributed by atoms with Crippen LogP contribution >= 0.6 is 0 Å². The molecule has 1 aliphatic rings. The number of hydrogen-bond acceptors (Lipinski definition) is 6. The molecular formula is C21H30O7. The summed E-state index contributed by atoms with van der Waals surface area (Å²) in [4.78, 5) is 22.5. The average molecular weight is 394 g/mol. The van der Waals surface area contributed by atoms with E-state index in [9.17, 15) is 24.9 Å². The SMILES string of the molecule is O=C(O)CCCCCCCC1/C(=C\CC(O)C(=O)c2ccco2)[C@H](O)C[C@@H]1O. The first-order valence-electron chi connectivity index (χ1n) is 9.93. The average Bonchev–Trinajstić information content (AvgIpc) is 3.27. The van der Waals surface area contributed by atoms with E-state index in [1.54, 1.807) is 12.1 Å². The van der Waals surface area contributed by atoms with E-state index < -0.39 is 30.1 Å². The summed E-state index contributed by atoms with van der Waals surface area (Å²) in [6.45, 7) is 0. The maximum Gasteiger partial charge on any atom is 0.303 e. The van der Waals surface area contributed by atoms with Crippen molar-refractivity contribution < 1.29 is 34.4 Å². The molecule has 2 rings (SSSR count). The van der Waals surface area contributed by atoms with Crippen LogP contribution in [0.5, 0.6) is 0 Å². The van der Waals surface area contributed by atoms with Gasteiger partial charge in [-0.25, -0.2) is 0 Å². The van der Waals surface area contributed by atoms with Gasteiger partial charge in [0.2, 0.25) is 5.78 Å². The van der Waals surface area contributed by atoms with E-state index in [-0.39, 0.29) is 30.9 Å². The molecule has 2 unspecified atom stereocenters. The van der Waals surface area contributed by atoms with Crippen LogP contribution in [0.15, 0.2) is 34.5 Å². The number of carbonyl (C=O) groups excluding carboxylic acids is 1. The van der Waals surface area contributed by atoms with Gasteiger partial charge < -0.3 is 24.8 Å². The lowest BCUT2D eigenvalue weighted by atomic mass is 9.92. The Bertz CT molecular complexity index is 650. The fraction of sp³-hybridized carbons (Fsp3) is 0.619. The summed E-state index contributed by atoms with van der Waals surface area (Å²) < 4.78 is 5.00. The van der Waals surface area contributed by atoms with E-state index in [2.05, 4.69) is 0 Å². The number of rotatable bonds is 12. The van der Waals surface area contributed by atoms with Crippen LogP contribution in [0, 0.1) is 5.92 Å². The van der Waals surface area contributed by atoms with Gasteiger partial charge in [0.25, 0.3) is 0 Å². The smallest absolute Gasteiger partial charge is 0.303 e. The Morgan fingerprint density at radius 1 is 1.18 bits per heavy atom. The minimum absolute atomic E-state index is 0.0599. The van der Waals surface area contributed by atoms with Crippen molar-refractivity contribution in [1.29, 1.82) is 0 Å². The van der Waals surface area contributed by atoms with E-state index in [0.717, 1.165) is 25.7 Å². The van der Waals surface area contributed by atoms with E-state index >= 15 is 0 Å². The number of furan rings is 1. The van der Waals surface area contributed by atoms with Crippen LogP contribution in [0.1, 0.15) is 68.3 Å². The molecule has 0 spiro atoms. The molecule has 1 aromatic rings. The van der Waals surface area contributed by atoms with Gasteiger partial charge in [-0.2, -0.15) is 0 Å². The number of Topliss-reactive ketones (excluding diaryl/α,β-unsaturated/α-hetero) is 1. The van der Waals surface area contributed by atoms with E-state index in [1.807, 2.05) is 0 Å². The molecule has 1 aromatic heterocycles. The molecular weight excluding hydrogens is 364 g/mol. The van der Waals surface area contributed by atoms with Crippen LogP contribution in [0.3, 0.4) is 0 Å². The molecule has 0 bridgehead atoms. The number of aliphatic hydroxyl groups excluding tert-OH is 3. The van der Waals surface area contributed by atoms with Crippen LogP contribution in [0.2, 0.25) is 0 Å². The summed E-state index contributed by atoms with van der Waals surface area (Å²) in [5.74, 6) is -1.37. The molecule has 0 aliphatic heterocycles. The molecule has 4 atom stereocenters. The fourth-order valence-electron chi connectivity index (χ4n) is 3.75. The van der Waals surface area contributed by atoms with Gasteiger partial charge in [-0.1, -0.05) is 31.8 Å². The second-order valence-electron chi connectivity index (χ2n) is 7.42. The molecule has 1 aliphatic carbocycles. The summed E-state index contributed by atoms with van der Waals surface area (Å²) in [7, 11) is 0. The lowest BCUT2D eigenvalue weighted by molar-refractivity contribution is -0.137. The Balaban J connectivity index is 1.81. The predicted octanol–water partition coefficient (Wildman–Crippen LogP) is 2.70. The van der Waals surface area contributed by atoms with Crippen molar-refractivity contribution in [1.82, 2.24) is 0 Å². The van der Waals surface area contributed by atoms with Crippen molar-refractivity contribution in [3.63, 3.8) is 0 Å². The Morgan fingerprint density at radius 3 is 2.57 bits per heavy atom. The molecule has 1 saturated carbocycles. The van der Waals surface area contributed by atoms with Gasteiger partial charge in [-0.05, 0) is 37.0 Å². The number of aliphatic carboxylic acids is 1. The zero-order valence-electron chi connectivity index (χ0n) is 16.0. The number of unbranched alkanes of at least 4 members (excludes halogenated alkanes) is 4. The second-order valence-corrected chi connectivity index (χ2v) is 7.42. The number of carbonyl (C=O) groups is 2. The molecule has 1 fully saturated rings. The maximum absolute atomic E-state index is 12.1. The molecule has 7 nitrogen and oxygen atoms in total. The Hall–Kier alpha value is -1.96. The quantitative estimate of drug-likeness (QED) is 0.244. The minimum Gasteiger partial charge on any atom is -0.481 e. The Morgan fingerprint density at radius 2 is 1.89 bits per heavy atom. The monoisotopic (exact) mass is 394 g/mol. The first-order valence-corrected chi connectivity index (χ1v) is 9.93. The first-order chi connectivity index (χ1) is 13.4. The number of ketones is 1. The molecule has 0 saturated heterocycles. The zero-order chi connectivity index (χ0) is 20.5. The van der Waals surface area contributed by atoms with Crippen molar-refractivity contribution in [2.75, 3.05) is 0 Å². The predicted molar refractivity (Wildman–Crippen MR) is 102 cm³/mol. The third-order valence-electron chi connectivity index (χ3n) is 5.29. The number of carboxylic acids is 1.